The minimum atomic E-state index is -0.422. The van der Waals surface area contributed by atoms with E-state index >= 15 is 0 Å². The summed E-state index contributed by atoms with van der Waals surface area (Å²) in [5, 5.41) is 14.0. The molecule has 7 nitrogen and oxygen atoms in total. The van der Waals surface area contributed by atoms with Crippen LogP contribution < -0.4 is 0 Å². The quantitative estimate of drug-likeness (QED) is 0.391. The standard InChI is InChI=1S/C20H26N4O3S2/c1-20(2,3)19-21-15(13-29-19)12-22-8-10-23(11-9-22)18(25)14-28-17-6-4-16(5-7-17)24(26)27/h4-7,13H,8-12,14H2,1-3H3. The molecular weight excluding hydrogens is 408 g/mol. The van der Waals surface area contributed by atoms with Gasteiger partial charge < -0.3 is 4.90 Å². The van der Waals surface area contributed by atoms with E-state index in [1.807, 2.05) is 4.90 Å². The van der Waals surface area contributed by atoms with Gasteiger partial charge in [0.2, 0.25) is 5.91 Å². The highest BCUT2D eigenvalue weighted by molar-refractivity contribution is 8.00. The summed E-state index contributed by atoms with van der Waals surface area (Å²) in [7, 11) is 0. The number of nitro groups is 1. The van der Waals surface area contributed by atoms with Gasteiger partial charge in [0, 0.05) is 60.5 Å². The zero-order valence-corrected chi connectivity index (χ0v) is 18.6. The number of hydrogen-bond acceptors (Lipinski definition) is 7. The highest BCUT2D eigenvalue weighted by atomic mass is 32.2. The summed E-state index contributed by atoms with van der Waals surface area (Å²) < 4.78 is 0. The van der Waals surface area contributed by atoms with Crippen LogP contribution in [-0.4, -0.2) is 57.5 Å². The van der Waals surface area contributed by atoms with Crippen LogP contribution in [0.5, 0.6) is 0 Å². The molecule has 0 bridgehead atoms. The van der Waals surface area contributed by atoms with E-state index in [9.17, 15) is 14.9 Å². The molecule has 0 spiro atoms. The van der Waals surface area contributed by atoms with E-state index in [4.69, 9.17) is 4.98 Å². The average Bonchev–Trinajstić information content (AvgIpc) is 3.16. The number of amides is 1. The predicted octanol–water partition coefficient (Wildman–Crippen LogP) is 3.79. The molecule has 2 aromatic rings. The Morgan fingerprint density at radius 2 is 1.86 bits per heavy atom. The summed E-state index contributed by atoms with van der Waals surface area (Å²) in [4.78, 5) is 32.6. The molecule has 0 atom stereocenters. The second-order valence-electron chi connectivity index (χ2n) is 8.09. The van der Waals surface area contributed by atoms with Crippen molar-refractivity contribution in [2.24, 2.45) is 0 Å². The maximum absolute atomic E-state index is 12.5. The third kappa shape index (κ3) is 6.01. The molecule has 156 valence electrons. The lowest BCUT2D eigenvalue weighted by molar-refractivity contribution is -0.384. The minimum Gasteiger partial charge on any atom is -0.339 e. The zero-order valence-electron chi connectivity index (χ0n) is 17.0. The van der Waals surface area contributed by atoms with Crippen LogP contribution in [0.2, 0.25) is 0 Å². The zero-order chi connectivity index (χ0) is 21.0. The molecule has 0 unspecified atom stereocenters. The van der Waals surface area contributed by atoms with E-state index < -0.39 is 4.92 Å². The Hall–Kier alpha value is -1.97. The van der Waals surface area contributed by atoms with Gasteiger partial charge >= 0.3 is 0 Å². The van der Waals surface area contributed by atoms with Crippen LogP contribution in [0.25, 0.3) is 0 Å². The number of carbonyl (C=O) groups is 1. The summed E-state index contributed by atoms with van der Waals surface area (Å²) in [6, 6.07) is 6.31. The van der Waals surface area contributed by atoms with E-state index in [-0.39, 0.29) is 17.0 Å². The van der Waals surface area contributed by atoms with Gasteiger partial charge in [-0.2, -0.15) is 0 Å². The molecule has 29 heavy (non-hydrogen) atoms. The Morgan fingerprint density at radius 1 is 1.21 bits per heavy atom. The van der Waals surface area contributed by atoms with Gasteiger partial charge in [0.1, 0.15) is 0 Å². The lowest BCUT2D eigenvalue weighted by Crippen LogP contribution is -2.48. The van der Waals surface area contributed by atoms with Gasteiger partial charge in [-0.05, 0) is 12.1 Å². The molecule has 0 radical (unpaired) electrons. The van der Waals surface area contributed by atoms with Gasteiger partial charge in [-0.3, -0.25) is 19.8 Å². The predicted molar refractivity (Wildman–Crippen MR) is 116 cm³/mol. The van der Waals surface area contributed by atoms with Crippen molar-refractivity contribution >= 4 is 34.7 Å². The van der Waals surface area contributed by atoms with E-state index in [1.165, 1.54) is 23.9 Å². The fourth-order valence-corrected chi connectivity index (χ4v) is 4.71. The van der Waals surface area contributed by atoms with Crippen LogP contribution in [0.3, 0.4) is 0 Å². The van der Waals surface area contributed by atoms with Crippen molar-refractivity contribution in [3.05, 3.63) is 50.5 Å². The molecule has 9 heteroatoms. The molecule has 2 heterocycles. The molecule has 0 aliphatic carbocycles. The van der Waals surface area contributed by atoms with Gasteiger partial charge in [-0.25, -0.2) is 4.98 Å². The van der Waals surface area contributed by atoms with Crippen molar-refractivity contribution in [1.82, 2.24) is 14.8 Å². The molecule has 1 aromatic heterocycles. The highest BCUT2D eigenvalue weighted by Crippen LogP contribution is 2.26. The van der Waals surface area contributed by atoms with Gasteiger partial charge in [0.15, 0.2) is 0 Å². The molecule has 1 fully saturated rings. The van der Waals surface area contributed by atoms with Gasteiger partial charge in [-0.1, -0.05) is 20.8 Å². The van der Waals surface area contributed by atoms with Crippen LogP contribution in [0, 0.1) is 10.1 Å². The third-order valence-corrected chi connectivity index (χ3v) is 7.03. The SMILES string of the molecule is CC(C)(C)c1nc(CN2CCN(C(=O)CSc3ccc([N+](=O)[O-])cc3)CC2)cs1. The molecule has 1 aromatic carbocycles. The molecule has 3 rings (SSSR count). The van der Waals surface area contributed by atoms with Crippen molar-refractivity contribution in [3.63, 3.8) is 0 Å². The highest BCUT2D eigenvalue weighted by Gasteiger charge is 2.23. The Balaban J connectivity index is 1.43. The number of carbonyl (C=O) groups excluding carboxylic acids is 1. The summed E-state index contributed by atoms with van der Waals surface area (Å²) >= 11 is 3.13. The number of aromatic nitrogens is 1. The molecule has 1 aliphatic rings. The number of nitrogens with zero attached hydrogens (tertiary/aromatic N) is 4. The number of piperazine rings is 1. The Kier molecular flexibility index (Phi) is 6.92. The maximum Gasteiger partial charge on any atom is 0.269 e. The van der Waals surface area contributed by atoms with Gasteiger partial charge in [0.05, 0.1) is 21.4 Å². The normalized spacial score (nSPS) is 15.5. The number of hydrogen-bond donors (Lipinski definition) is 0. The minimum absolute atomic E-state index is 0.0616. The second kappa shape index (κ2) is 9.23. The van der Waals surface area contributed by atoms with Crippen LogP contribution in [0.4, 0.5) is 5.69 Å². The van der Waals surface area contributed by atoms with Crippen molar-refractivity contribution in [2.45, 2.75) is 37.6 Å². The van der Waals surface area contributed by atoms with Gasteiger partial charge in [-0.15, -0.1) is 23.1 Å². The van der Waals surface area contributed by atoms with E-state index in [0.717, 1.165) is 48.3 Å². The first kappa shape index (κ1) is 21.7. The smallest absolute Gasteiger partial charge is 0.269 e. The van der Waals surface area contributed by atoms with Crippen LogP contribution >= 0.6 is 23.1 Å². The summed E-state index contributed by atoms with van der Waals surface area (Å²) in [5.74, 6) is 0.454. The second-order valence-corrected chi connectivity index (χ2v) is 10.00. The largest absolute Gasteiger partial charge is 0.339 e. The number of benzene rings is 1. The topological polar surface area (TPSA) is 79.6 Å². The van der Waals surface area contributed by atoms with Crippen LogP contribution in [-0.2, 0) is 16.8 Å². The van der Waals surface area contributed by atoms with E-state index in [1.54, 1.807) is 23.5 Å². The van der Waals surface area contributed by atoms with Crippen molar-refractivity contribution in [2.75, 3.05) is 31.9 Å². The molecule has 0 saturated carbocycles. The third-order valence-electron chi connectivity index (χ3n) is 4.71. The summed E-state index contributed by atoms with van der Waals surface area (Å²) in [5.41, 5.74) is 1.25. The Bertz CT molecular complexity index is 853. The van der Waals surface area contributed by atoms with Crippen molar-refractivity contribution < 1.29 is 9.72 Å². The Labute approximate surface area is 179 Å². The lowest BCUT2D eigenvalue weighted by Gasteiger charge is -2.34. The Morgan fingerprint density at radius 3 is 2.41 bits per heavy atom. The number of thiazole rings is 1. The van der Waals surface area contributed by atoms with Crippen molar-refractivity contribution in [3.8, 4) is 0 Å². The molecular formula is C20H26N4O3S2. The average molecular weight is 435 g/mol. The molecule has 1 saturated heterocycles. The number of thioether (sulfide) groups is 1. The lowest BCUT2D eigenvalue weighted by atomic mass is 9.98. The maximum atomic E-state index is 12.5. The molecule has 1 amide bonds. The van der Waals surface area contributed by atoms with E-state index in [2.05, 4.69) is 31.1 Å². The van der Waals surface area contributed by atoms with Crippen molar-refractivity contribution in [1.29, 1.82) is 0 Å². The number of nitro benzene ring substituents is 1. The summed E-state index contributed by atoms with van der Waals surface area (Å²) in [6.45, 7) is 10.5. The molecule has 1 aliphatic heterocycles. The number of rotatable bonds is 6. The first-order valence-corrected chi connectivity index (χ1v) is 11.4. The van der Waals surface area contributed by atoms with Gasteiger partial charge in [0.25, 0.3) is 5.69 Å². The van der Waals surface area contributed by atoms with Crippen LogP contribution in [0.15, 0.2) is 34.5 Å². The van der Waals surface area contributed by atoms with E-state index in [0.29, 0.717) is 5.75 Å². The fourth-order valence-electron chi connectivity index (χ4n) is 3.01. The first-order valence-electron chi connectivity index (χ1n) is 9.54. The first-order chi connectivity index (χ1) is 13.7. The van der Waals surface area contributed by atoms with Crippen LogP contribution in [0.1, 0.15) is 31.5 Å². The summed E-state index contributed by atoms with van der Waals surface area (Å²) in [6.07, 6.45) is 0. The molecule has 0 N–H and O–H groups in total. The fraction of sp³-hybridized carbons (Fsp3) is 0.500. The monoisotopic (exact) mass is 434 g/mol. The number of non-ortho nitro benzene ring substituents is 1.